The number of nitrogens with zero attached hydrogens (tertiary/aromatic N) is 1. The first-order chi connectivity index (χ1) is 11.5. The number of methoxy groups -OCH3 is 1. The number of benzene rings is 2. The number of aliphatic hydroxyl groups excluding tert-OH is 1. The predicted octanol–water partition coefficient (Wildman–Crippen LogP) is 3.22. The molecule has 0 aliphatic carbocycles. The molecule has 5 N–H and O–H groups in total. The standard InChI is InChI=1S/C17H16ClN3O3/c1-23-16-8-14-10(7-11(16)17(20)22)15(4-5-21-14)24-9-2-3-13(19)12(18)6-9/h2-8,17,22H,19-20H2,1H3. The maximum Gasteiger partial charge on any atom is 0.138 e. The number of pyridine rings is 1. The minimum atomic E-state index is -1.18. The van der Waals surface area contributed by atoms with Gasteiger partial charge in [-0.15, -0.1) is 0 Å². The molecule has 24 heavy (non-hydrogen) atoms. The van der Waals surface area contributed by atoms with E-state index < -0.39 is 6.23 Å². The van der Waals surface area contributed by atoms with Crippen LogP contribution in [0.4, 0.5) is 5.69 Å². The van der Waals surface area contributed by atoms with Crippen LogP contribution >= 0.6 is 11.6 Å². The van der Waals surface area contributed by atoms with Gasteiger partial charge in [-0.25, -0.2) is 0 Å². The van der Waals surface area contributed by atoms with Gasteiger partial charge in [-0.05, 0) is 24.3 Å². The number of hydrogen-bond donors (Lipinski definition) is 3. The first-order valence-corrected chi connectivity index (χ1v) is 7.50. The Bertz CT molecular complexity index is 900. The van der Waals surface area contributed by atoms with E-state index in [9.17, 15) is 5.11 Å². The molecule has 0 spiro atoms. The van der Waals surface area contributed by atoms with Gasteiger partial charge < -0.3 is 26.0 Å². The Labute approximate surface area is 143 Å². The molecule has 0 amide bonds. The number of hydrogen-bond acceptors (Lipinski definition) is 6. The molecule has 0 radical (unpaired) electrons. The zero-order valence-corrected chi connectivity index (χ0v) is 13.6. The second-order valence-corrected chi connectivity index (χ2v) is 5.56. The van der Waals surface area contributed by atoms with Crippen molar-refractivity contribution in [1.29, 1.82) is 0 Å². The SMILES string of the molecule is COc1cc2nccc(Oc3ccc(N)c(Cl)c3)c2cc1C(N)O. The number of fused-ring (bicyclic) bond motifs is 1. The third-order valence-electron chi connectivity index (χ3n) is 3.57. The third-order valence-corrected chi connectivity index (χ3v) is 3.90. The average Bonchev–Trinajstić information content (AvgIpc) is 2.57. The number of halogens is 1. The maximum atomic E-state index is 9.75. The van der Waals surface area contributed by atoms with Crippen molar-refractivity contribution in [1.82, 2.24) is 4.98 Å². The molecule has 0 aliphatic rings. The number of rotatable bonds is 4. The first-order valence-electron chi connectivity index (χ1n) is 7.13. The van der Waals surface area contributed by atoms with Crippen LogP contribution in [0.5, 0.6) is 17.2 Å². The van der Waals surface area contributed by atoms with E-state index in [1.165, 1.54) is 7.11 Å². The fourth-order valence-electron chi connectivity index (χ4n) is 2.36. The predicted molar refractivity (Wildman–Crippen MR) is 93.4 cm³/mol. The lowest BCUT2D eigenvalue weighted by Crippen LogP contribution is -2.10. The number of nitrogens with two attached hydrogens (primary N) is 2. The molecule has 124 valence electrons. The summed E-state index contributed by atoms with van der Waals surface area (Å²) in [6.07, 6.45) is 0.442. The lowest BCUT2D eigenvalue weighted by Gasteiger charge is -2.14. The summed E-state index contributed by atoms with van der Waals surface area (Å²) in [7, 11) is 1.50. The third kappa shape index (κ3) is 3.07. The van der Waals surface area contributed by atoms with Gasteiger partial charge in [0.15, 0.2) is 0 Å². The second-order valence-electron chi connectivity index (χ2n) is 5.15. The molecule has 0 aliphatic heterocycles. The van der Waals surface area contributed by atoms with E-state index in [4.69, 9.17) is 32.5 Å². The summed E-state index contributed by atoms with van der Waals surface area (Å²) in [4.78, 5) is 4.30. The molecule has 7 heteroatoms. The summed E-state index contributed by atoms with van der Waals surface area (Å²) in [6.45, 7) is 0. The smallest absolute Gasteiger partial charge is 0.138 e. The van der Waals surface area contributed by atoms with Crippen LogP contribution < -0.4 is 20.9 Å². The lowest BCUT2D eigenvalue weighted by atomic mass is 10.1. The summed E-state index contributed by atoms with van der Waals surface area (Å²) in [6, 6.07) is 10.1. The summed E-state index contributed by atoms with van der Waals surface area (Å²) in [5, 5.41) is 10.8. The van der Waals surface area contributed by atoms with Crippen LogP contribution in [0.25, 0.3) is 10.9 Å². The highest BCUT2D eigenvalue weighted by molar-refractivity contribution is 6.33. The van der Waals surface area contributed by atoms with Crippen molar-refractivity contribution in [3.63, 3.8) is 0 Å². The van der Waals surface area contributed by atoms with E-state index in [0.717, 1.165) is 0 Å². The number of ether oxygens (including phenoxy) is 2. The van der Waals surface area contributed by atoms with Crippen LogP contribution in [0, 0.1) is 0 Å². The van der Waals surface area contributed by atoms with Gasteiger partial charge in [-0.2, -0.15) is 0 Å². The highest BCUT2D eigenvalue weighted by Gasteiger charge is 2.14. The van der Waals surface area contributed by atoms with E-state index >= 15 is 0 Å². The van der Waals surface area contributed by atoms with Crippen molar-refractivity contribution in [3.05, 3.63) is 53.2 Å². The largest absolute Gasteiger partial charge is 0.496 e. The molecule has 0 saturated carbocycles. The van der Waals surface area contributed by atoms with Gasteiger partial charge in [0.05, 0.1) is 23.3 Å². The van der Waals surface area contributed by atoms with Crippen LogP contribution in [-0.4, -0.2) is 17.2 Å². The molecule has 6 nitrogen and oxygen atoms in total. The van der Waals surface area contributed by atoms with Crippen LogP contribution in [0.2, 0.25) is 5.02 Å². The minimum Gasteiger partial charge on any atom is -0.496 e. The van der Waals surface area contributed by atoms with Gasteiger partial charge in [0.25, 0.3) is 0 Å². The zero-order chi connectivity index (χ0) is 17.3. The van der Waals surface area contributed by atoms with E-state index in [1.807, 2.05) is 0 Å². The highest BCUT2D eigenvalue weighted by Crippen LogP contribution is 2.35. The highest BCUT2D eigenvalue weighted by atomic mass is 35.5. The Morgan fingerprint density at radius 1 is 1.17 bits per heavy atom. The van der Waals surface area contributed by atoms with Gasteiger partial charge in [0, 0.05) is 29.3 Å². The molecule has 0 saturated heterocycles. The Balaban J connectivity index is 2.10. The Morgan fingerprint density at radius 3 is 2.62 bits per heavy atom. The van der Waals surface area contributed by atoms with Crippen molar-refractivity contribution in [2.24, 2.45) is 5.73 Å². The maximum absolute atomic E-state index is 9.75. The van der Waals surface area contributed by atoms with E-state index in [0.29, 0.717) is 44.4 Å². The quantitative estimate of drug-likeness (QED) is 0.495. The normalized spacial score (nSPS) is 12.2. The Morgan fingerprint density at radius 2 is 1.96 bits per heavy atom. The van der Waals surface area contributed by atoms with Gasteiger partial charge in [0.2, 0.25) is 0 Å². The first kappa shape index (κ1) is 16.3. The molecule has 3 rings (SSSR count). The fourth-order valence-corrected chi connectivity index (χ4v) is 2.53. The molecular formula is C17H16ClN3O3. The molecule has 3 aromatic rings. The summed E-state index contributed by atoms with van der Waals surface area (Å²) >= 11 is 6.02. The molecule has 1 heterocycles. The van der Waals surface area contributed by atoms with E-state index in [1.54, 1.807) is 42.6 Å². The lowest BCUT2D eigenvalue weighted by molar-refractivity contribution is 0.182. The van der Waals surface area contributed by atoms with Gasteiger partial charge in [-0.1, -0.05) is 11.6 Å². The van der Waals surface area contributed by atoms with Crippen molar-refractivity contribution < 1.29 is 14.6 Å². The average molecular weight is 346 g/mol. The molecule has 0 fully saturated rings. The summed E-state index contributed by atoms with van der Waals surface area (Å²) < 4.78 is 11.1. The minimum absolute atomic E-state index is 0.408. The zero-order valence-electron chi connectivity index (χ0n) is 12.9. The van der Waals surface area contributed by atoms with Crippen molar-refractivity contribution in [3.8, 4) is 17.2 Å². The van der Waals surface area contributed by atoms with Gasteiger partial charge in [-0.3, -0.25) is 4.98 Å². The van der Waals surface area contributed by atoms with Crippen LogP contribution in [0.15, 0.2) is 42.6 Å². The number of aliphatic hydroxyl groups is 1. The van der Waals surface area contributed by atoms with Crippen LogP contribution in [0.1, 0.15) is 11.8 Å². The monoisotopic (exact) mass is 345 g/mol. The molecular weight excluding hydrogens is 330 g/mol. The molecule has 2 aromatic carbocycles. The number of aromatic nitrogens is 1. The number of nitrogen functional groups attached to an aromatic ring is 1. The molecule has 1 unspecified atom stereocenters. The second kappa shape index (κ2) is 6.52. The Hall–Kier alpha value is -2.54. The van der Waals surface area contributed by atoms with Crippen molar-refractivity contribution in [2.75, 3.05) is 12.8 Å². The van der Waals surface area contributed by atoms with E-state index in [2.05, 4.69) is 4.98 Å². The fraction of sp³-hybridized carbons (Fsp3) is 0.118. The summed E-state index contributed by atoms with van der Waals surface area (Å²) in [5.41, 5.74) is 12.9. The summed E-state index contributed by atoms with van der Waals surface area (Å²) in [5.74, 6) is 1.54. The van der Waals surface area contributed by atoms with E-state index in [-0.39, 0.29) is 0 Å². The molecule has 1 atom stereocenters. The van der Waals surface area contributed by atoms with Gasteiger partial charge in [0.1, 0.15) is 23.5 Å². The molecule has 1 aromatic heterocycles. The van der Waals surface area contributed by atoms with Crippen LogP contribution in [-0.2, 0) is 0 Å². The van der Waals surface area contributed by atoms with Crippen LogP contribution in [0.3, 0.4) is 0 Å². The van der Waals surface area contributed by atoms with Crippen molar-refractivity contribution in [2.45, 2.75) is 6.23 Å². The Kier molecular flexibility index (Phi) is 4.44. The van der Waals surface area contributed by atoms with Crippen molar-refractivity contribution >= 4 is 28.2 Å². The van der Waals surface area contributed by atoms with Gasteiger partial charge >= 0.3 is 0 Å². The number of anilines is 1. The molecule has 0 bridgehead atoms. The topological polar surface area (TPSA) is 104 Å².